The highest BCUT2D eigenvalue weighted by atomic mass is 16.3. The molecule has 0 saturated carbocycles. The van der Waals surface area contributed by atoms with E-state index in [1.54, 1.807) is 0 Å². The fraction of sp³-hybridized carbons (Fsp3) is 0.409. The smallest absolute Gasteiger partial charge is 0.167 e. The van der Waals surface area contributed by atoms with Crippen molar-refractivity contribution in [1.29, 1.82) is 0 Å². The minimum atomic E-state index is -0.0665. The molecule has 0 bridgehead atoms. The lowest BCUT2D eigenvalue weighted by molar-refractivity contribution is 0.0747. The molecule has 0 aromatic heterocycles. The molecule has 0 spiro atoms. The first-order chi connectivity index (χ1) is 12.1. The fourth-order valence-corrected chi connectivity index (χ4v) is 3.99. The second kappa shape index (κ2) is 7.94. The Labute approximate surface area is 150 Å². The number of hydrogen-bond donors (Lipinski definition) is 1. The molecule has 0 aliphatic carbocycles. The van der Waals surface area contributed by atoms with E-state index in [-0.39, 0.29) is 24.2 Å². The number of aryl methyl sites for hydroxylation is 1. The van der Waals surface area contributed by atoms with Gasteiger partial charge in [0.05, 0.1) is 6.61 Å². The van der Waals surface area contributed by atoms with Crippen LogP contribution in [0.2, 0.25) is 0 Å². The van der Waals surface area contributed by atoms with Gasteiger partial charge in [-0.15, -0.1) is 0 Å². The molecular weight excluding hydrogens is 310 g/mol. The largest absolute Gasteiger partial charge is 0.395 e. The highest BCUT2D eigenvalue weighted by Crippen LogP contribution is 2.37. The highest BCUT2D eigenvalue weighted by Gasteiger charge is 2.36. The number of carbonyl (C=O) groups is 1. The molecule has 2 atom stereocenters. The van der Waals surface area contributed by atoms with E-state index in [0.29, 0.717) is 13.1 Å². The molecule has 2 aromatic rings. The predicted molar refractivity (Wildman–Crippen MR) is 101 cm³/mol. The van der Waals surface area contributed by atoms with Gasteiger partial charge in [-0.1, -0.05) is 48.5 Å². The van der Waals surface area contributed by atoms with Crippen molar-refractivity contribution in [3.8, 4) is 0 Å². The maximum absolute atomic E-state index is 13.2. The Morgan fingerprint density at radius 2 is 1.88 bits per heavy atom. The number of benzene rings is 2. The lowest BCUT2D eigenvalue weighted by atomic mass is 9.75. The van der Waals surface area contributed by atoms with E-state index < -0.39 is 0 Å². The lowest BCUT2D eigenvalue weighted by Crippen LogP contribution is -2.44. The van der Waals surface area contributed by atoms with E-state index in [1.807, 2.05) is 30.3 Å². The quantitative estimate of drug-likeness (QED) is 0.848. The van der Waals surface area contributed by atoms with Crippen molar-refractivity contribution in [2.75, 3.05) is 26.2 Å². The number of carbonyl (C=O) groups excluding carboxylic acids is 1. The van der Waals surface area contributed by atoms with Gasteiger partial charge in [0.2, 0.25) is 0 Å². The zero-order valence-corrected chi connectivity index (χ0v) is 15.1. The Kier molecular flexibility index (Phi) is 5.67. The Bertz CT molecular complexity index is 726. The van der Waals surface area contributed by atoms with Gasteiger partial charge in [-0.05, 0) is 49.4 Å². The summed E-state index contributed by atoms with van der Waals surface area (Å²) < 4.78 is 0. The van der Waals surface area contributed by atoms with Crippen molar-refractivity contribution in [1.82, 2.24) is 4.90 Å². The van der Waals surface area contributed by atoms with E-state index in [0.717, 1.165) is 18.5 Å². The zero-order chi connectivity index (χ0) is 17.8. The van der Waals surface area contributed by atoms with Crippen molar-refractivity contribution in [2.24, 2.45) is 5.92 Å². The molecule has 132 valence electrons. The molecule has 3 nitrogen and oxygen atoms in total. The first-order valence-electron chi connectivity index (χ1n) is 9.10. The van der Waals surface area contributed by atoms with Crippen LogP contribution in [0, 0.1) is 19.8 Å². The van der Waals surface area contributed by atoms with Crippen LogP contribution in [0.25, 0.3) is 0 Å². The second-order valence-electron chi connectivity index (χ2n) is 7.05. The number of nitrogens with zero attached hydrogens (tertiary/aromatic N) is 1. The standard InChI is InChI=1S/C22H27NO2/c1-16-7-6-10-19(17(16)2)20-11-12-23(13-14-24)15-21(20)22(25)18-8-4-3-5-9-18/h3-10,20-21,24H,11-15H2,1-2H3/t20-,21-/m1/s1. The number of rotatable bonds is 5. The van der Waals surface area contributed by atoms with Crippen LogP contribution in [-0.4, -0.2) is 42.0 Å². The van der Waals surface area contributed by atoms with Gasteiger partial charge in [0.15, 0.2) is 5.78 Å². The van der Waals surface area contributed by atoms with Crippen molar-refractivity contribution >= 4 is 5.78 Å². The molecule has 0 unspecified atom stereocenters. The van der Waals surface area contributed by atoms with E-state index >= 15 is 0 Å². The van der Waals surface area contributed by atoms with Crippen LogP contribution in [0.5, 0.6) is 0 Å². The molecule has 1 fully saturated rings. The molecule has 0 amide bonds. The minimum absolute atomic E-state index is 0.0665. The summed E-state index contributed by atoms with van der Waals surface area (Å²) in [6.45, 7) is 6.71. The van der Waals surface area contributed by atoms with Gasteiger partial charge in [-0.25, -0.2) is 0 Å². The van der Waals surface area contributed by atoms with Gasteiger partial charge in [-0.2, -0.15) is 0 Å². The third-order valence-corrected chi connectivity index (χ3v) is 5.55. The maximum atomic E-state index is 13.2. The van der Waals surface area contributed by atoms with Gasteiger partial charge >= 0.3 is 0 Å². The van der Waals surface area contributed by atoms with Crippen LogP contribution >= 0.6 is 0 Å². The molecule has 3 rings (SSSR count). The number of hydrogen-bond acceptors (Lipinski definition) is 3. The van der Waals surface area contributed by atoms with Gasteiger partial charge in [0, 0.05) is 24.6 Å². The average Bonchev–Trinajstić information content (AvgIpc) is 2.64. The van der Waals surface area contributed by atoms with Gasteiger partial charge in [0.25, 0.3) is 0 Å². The van der Waals surface area contributed by atoms with Crippen molar-refractivity contribution in [3.05, 3.63) is 70.8 Å². The molecule has 1 saturated heterocycles. The molecule has 3 heteroatoms. The number of aliphatic hydroxyl groups excluding tert-OH is 1. The Morgan fingerprint density at radius 1 is 1.12 bits per heavy atom. The molecule has 1 aliphatic rings. The van der Waals surface area contributed by atoms with Crippen molar-refractivity contribution < 1.29 is 9.90 Å². The number of piperidine rings is 1. The molecular formula is C22H27NO2. The number of likely N-dealkylation sites (tertiary alicyclic amines) is 1. The highest BCUT2D eigenvalue weighted by molar-refractivity contribution is 5.98. The minimum Gasteiger partial charge on any atom is -0.395 e. The summed E-state index contributed by atoms with van der Waals surface area (Å²) in [5.41, 5.74) is 4.67. The number of Topliss-reactive ketones (excluding diaryl/α,β-unsaturated/α-hetero) is 1. The van der Waals surface area contributed by atoms with Crippen LogP contribution in [-0.2, 0) is 0 Å². The molecule has 25 heavy (non-hydrogen) atoms. The molecule has 0 radical (unpaired) electrons. The number of ketones is 1. The number of β-amino-alcohol motifs (C(OH)–C–C–N with tert-alkyl or cyclic N) is 1. The Hall–Kier alpha value is -1.97. The van der Waals surface area contributed by atoms with Crippen molar-refractivity contribution in [3.63, 3.8) is 0 Å². The number of aliphatic hydroxyl groups is 1. The van der Waals surface area contributed by atoms with Gasteiger partial charge < -0.3 is 10.0 Å². The third-order valence-electron chi connectivity index (χ3n) is 5.55. The second-order valence-corrected chi connectivity index (χ2v) is 7.05. The summed E-state index contributed by atoms with van der Waals surface area (Å²) >= 11 is 0. The summed E-state index contributed by atoms with van der Waals surface area (Å²) in [6, 6.07) is 16.0. The topological polar surface area (TPSA) is 40.5 Å². The summed E-state index contributed by atoms with van der Waals surface area (Å²) in [6.07, 6.45) is 0.952. The molecule has 1 N–H and O–H groups in total. The maximum Gasteiger partial charge on any atom is 0.167 e. The van der Waals surface area contributed by atoms with Crippen LogP contribution in [0.3, 0.4) is 0 Å². The van der Waals surface area contributed by atoms with Gasteiger partial charge in [0.1, 0.15) is 0 Å². The molecule has 1 aliphatic heterocycles. The Morgan fingerprint density at radius 3 is 2.60 bits per heavy atom. The van der Waals surface area contributed by atoms with E-state index in [1.165, 1.54) is 16.7 Å². The lowest BCUT2D eigenvalue weighted by Gasteiger charge is -2.38. The third kappa shape index (κ3) is 3.83. The van der Waals surface area contributed by atoms with Crippen LogP contribution in [0.4, 0.5) is 0 Å². The summed E-state index contributed by atoms with van der Waals surface area (Å²) in [7, 11) is 0. The predicted octanol–water partition coefficient (Wildman–Crippen LogP) is 3.58. The zero-order valence-electron chi connectivity index (χ0n) is 15.1. The van der Waals surface area contributed by atoms with E-state index in [4.69, 9.17) is 0 Å². The first kappa shape index (κ1) is 17.8. The monoisotopic (exact) mass is 337 g/mol. The SMILES string of the molecule is Cc1cccc([C@H]2CCN(CCO)C[C@H]2C(=O)c2ccccc2)c1C. The Balaban J connectivity index is 1.95. The van der Waals surface area contributed by atoms with Gasteiger partial charge in [-0.3, -0.25) is 4.79 Å². The normalized spacial score (nSPS) is 21.2. The fourth-order valence-electron chi connectivity index (χ4n) is 3.99. The van der Waals surface area contributed by atoms with Crippen LogP contribution < -0.4 is 0 Å². The molecule has 2 aromatic carbocycles. The summed E-state index contributed by atoms with van der Waals surface area (Å²) in [5.74, 6) is 0.389. The molecule has 1 heterocycles. The van der Waals surface area contributed by atoms with E-state index in [2.05, 4.69) is 36.9 Å². The average molecular weight is 337 g/mol. The van der Waals surface area contributed by atoms with Crippen molar-refractivity contribution in [2.45, 2.75) is 26.2 Å². The van der Waals surface area contributed by atoms with Crippen LogP contribution in [0.1, 0.15) is 39.4 Å². The van der Waals surface area contributed by atoms with E-state index in [9.17, 15) is 9.90 Å². The van der Waals surface area contributed by atoms with Crippen LogP contribution in [0.15, 0.2) is 48.5 Å². The summed E-state index contributed by atoms with van der Waals surface area (Å²) in [4.78, 5) is 15.5. The first-order valence-corrected chi connectivity index (χ1v) is 9.10. The summed E-state index contributed by atoms with van der Waals surface area (Å²) in [5, 5.41) is 9.30.